The van der Waals surface area contributed by atoms with E-state index in [2.05, 4.69) is 37.9 Å². The van der Waals surface area contributed by atoms with Gasteiger partial charge in [-0.25, -0.2) is 0 Å². The number of hydrogen-bond donors (Lipinski definition) is 1. The number of ketones is 1. The van der Waals surface area contributed by atoms with Crippen LogP contribution in [0.3, 0.4) is 0 Å². The summed E-state index contributed by atoms with van der Waals surface area (Å²) in [5.41, 5.74) is 5.13. The van der Waals surface area contributed by atoms with Crippen LogP contribution in [-0.2, 0) is 11.2 Å². The van der Waals surface area contributed by atoms with Gasteiger partial charge in [-0.15, -0.1) is 12.4 Å². The fraction of sp³-hybridized carbons (Fsp3) is 0.579. The molecule has 0 bridgehead atoms. The third-order valence-electron chi connectivity index (χ3n) is 5.43. The van der Waals surface area contributed by atoms with Crippen molar-refractivity contribution in [2.75, 3.05) is 18.4 Å². The van der Waals surface area contributed by atoms with Crippen molar-refractivity contribution in [2.45, 2.75) is 58.9 Å². The van der Waals surface area contributed by atoms with E-state index in [0.29, 0.717) is 6.42 Å². The van der Waals surface area contributed by atoms with E-state index in [9.17, 15) is 9.59 Å². The number of benzene rings is 1. The van der Waals surface area contributed by atoms with Crippen LogP contribution in [0.2, 0.25) is 0 Å². The molecule has 3 rings (SSSR count). The highest BCUT2D eigenvalue weighted by Gasteiger charge is 2.37. The number of amides is 1. The number of halogens is 1. The molecule has 2 atom stereocenters. The Morgan fingerprint density at radius 1 is 1.25 bits per heavy atom. The van der Waals surface area contributed by atoms with E-state index >= 15 is 0 Å². The van der Waals surface area contributed by atoms with Crippen LogP contribution >= 0.6 is 12.4 Å². The lowest BCUT2D eigenvalue weighted by molar-refractivity contribution is -0.116. The topological polar surface area (TPSA) is 49.4 Å². The van der Waals surface area contributed by atoms with Crippen molar-refractivity contribution in [1.82, 2.24) is 4.90 Å². The van der Waals surface area contributed by atoms with E-state index in [-0.39, 0.29) is 36.1 Å². The van der Waals surface area contributed by atoms with Crippen molar-refractivity contribution in [3.63, 3.8) is 0 Å². The second-order valence-electron chi connectivity index (χ2n) is 6.80. The average molecular weight is 351 g/mol. The molecule has 4 nitrogen and oxygen atoms in total. The number of fused-ring (bicyclic) bond motifs is 3. The molecule has 1 heterocycles. The largest absolute Gasteiger partial charge is 0.326 e. The number of nitrogens with zero attached hydrogens (tertiary/aromatic N) is 1. The van der Waals surface area contributed by atoms with Crippen molar-refractivity contribution in [1.29, 1.82) is 0 Å². The predicted molar refractivity (Wildman–Crippen MR) is 99.4 cm³/mol. The normalized spacial score (nSPS) is 22.5. The lowest BCUT2D eigenvalue weighted by Crippen LogP contribution is -2.44. The summed E-state index contributed by atoms with van der Waals surface area (Å²) in [7, 11) is 0. The van der Waals surface area contributed by atoms with E-state index in [1.807, 2.05) is 6.07 Å². The van der Waals surface area contributed by atoms with Gasteiger partial charge < -0.3 is 5.32 Å². The second-order valence-corrected chi connectivity index (χ2v) is 6.80. The number of nitrogens with one attached hydrogen (secondary N) is 1. The molecule has 2 unspecified atom stereocenters. The minimum absolute atomic E-state index is 0. The van der Waals surface area contributed by atoms with Crippen molar-refractivity contribution in [2.24, 2.45) is 0 Å². The maximum atomic E-state index is 13.3. The number of carbonyl (C=O) groups is 2. The van der Waals surface area contributed by atoms with Gasteiger partial charge in [-0.2, -0.15) is 0 Å². The second kappa shape index (κ2) is 7.24. The fourth-order valence-electron chi connectivity index (χ4n) is 4.27. The van der Waals surface area contributed by atoms with Crippen molar-refractivity contribution in [3.05, 3.63) is 28.3 Å². The van der Waals surface area contributed by atoms with Crippen LogP contribution < -0.4 is 5.32 Å². The van der Waals surface area contributed by atoms with Crippen LogP contribution in [-0.4, -0.2) is 35.7 Å². The minimum atomic E-state index is -0.0202. The Bertz CT molecular complexity index is 668. The van der Waals surface area contributed by atoms with E-state index in [1.54, 1.807) is 0 Å². The van der Waals surface area contributed by atoms with E-state index in [1.165, 1.54) is 5.56 Å². The maximum absolute atomic E-state index is 13.3. The highest BCUT2D eigenvalue weighted by molar-refractivity contribution is 6.07. The standard InChI is InChI=1S/C19H26N2O2.ClH/c1-5-21(6-2)15-8-7-13-11(3)9-14-17(18(13)19(15)23)12(4)10-16(22)20-14;/h9,12,15H,5-8,10H2,1-4H3,(H,20,22);1H. The number of likely N-dealkylation sites (N-methyl/N-ethyl adjacent to an activating group) is 1. The van der Waals surface area contributed by atoms with Crippen LogP contribution in [0.5, 0.6) is 0 Å². The SMILES string of the molecule is CCN(CC)C1CCc2c(C)cc3c(c2C1=O)C(C)CC(=O)N3.Cl. The molecule has 132 valence electrons. The van der Waals surface area contributed by atoms with E-state index in [4.69, 9.17) is 0 Å². The average Bonchev–Trinajstić information content (AvgIpc) is 2.50. The number of rotatable bonds is 3. The lowest BCUT2D eigenvalue weighted by atomic mass is 9.76. The van der Waals surface area contributed by atoms with Gasteiger partial charge in [0.25, 0.3) is 0 Å². The van der Waals surface area contributed by atoms with Crippen LogP contribution in [0.25, 0.3) is 0 Å². The zero-order valence-corrected chi connectivity index (χ0v) is 15.8. The zero-order chi connectivity index (χ0) is 16.7. The van der Waals surface area contributed by atoms with Crippen LogP contribution in [0.1, 0.15) is 66.6 Å². The molecule has 0 saturated carbocycles. The number of carbonyl (C=O) groups excluding carboxylic acids is 2. The monoisotopic (exact) mass is 350 g/mol. The molecule has 0 aromatic heterocycles. The number of hydrogen-bond acceptors (Lipinski definition) is 3. The highest BCUT2D eigenvalue weighted by atomic mass is 35.5. The first-order valence-electron chi connectivity index (χ1n) is 8.72. The first-order valence-corrected chi connectivity index (χ1v) is 8.72. The molecule has 2 aliphatic rings. The molecule has 1 amide bonds. The van der Waals surface area contributed by atoms with Crippen molar-refractivity contribution >= 4 is 29.8 Å². The number of Topliss-reactive ketones (excluding diaryl/α,β-unsaturated/α-hetero) is 1. The molecule has 5 heteroatoms. The first kappa shape index (κ1) is 18.9. The summed E-state index contributed by atoms with van der Waals surface area (Å²) in [5.74, 6) is 0.401. The Labute approximate surface area is 150 Å². The smallest absolute Gasteiger partial charge is 0.224 e. The summed E-state index contributed by atoms with van der Waals surface area (Å²) in [4.78, 5) is 27.4. The Morgan fingerprint density at radius 3 is 2.54 bits per heavy atom. The van der Waals surface area contributed by atoms with E-state index < -0.39 is 0 Å². The fourth-order valence-corrected chi connectivity index (χ4v) is 4.27. The van der Waals surface area contributed by atoms with Crippen molar-refractivity contribution < 1.29 is 9.59 Å². The lowest BCUT2D eigenvalue weighted by Gasteiger charge is -2.36. The molecule has 1 aliphatic heterocycles. The zero-order valence-electron chi connectivity index (χ0n) is 14.9. The number of aryl methyl sites for hydroxylation is 1. The summed E-state index contributed by atoms with van der Waals surface area (Å²) in [6.07, 6.45) is 2.31. The molecule has 0 fully saturated rings. The molecule has 0 saturated heterocycles. The quantitative estimate of drug-likeness (QED) is 0.904. The van der Waals surface area contributed by atoms with Gasteiger partial charge in [-0.05, 0) is 61.5 Å². The molecular formula is C19H27ClN2O2. The van der Waals surface area contributed by atoms with Gasteiger partial charge in [0.2, 0.25) is 5.91 Å². The van der Waals surface area contributed by atoms with Gasteiger partial charge in [0, 0.05) is 17.7 Å². The van der Waals surface area contributed by atoms with E-state index in [0.717, 1.165) is 48.3 Å². The third-order valence-corrected chi connectivity index (χ3v) is 5.43. The Kier molecular flexibility index (Phi) is 5.71. The minimum Gasteiger partial charge on any atom is -0.326 e. The molecule has 1 N–H and O–H groups in total. The van der Waals surface area contributed by atoms with Gasteiger partial charge in [-0.3, -0.25) is 14.5 Å². The van der Waals surface area contributed by atoms with Crippen LogP contribution in [0.15, 0.2) is 6.07 Å². The highest BCUT2D eigenvalue weighted by Crippen LogP contribution is 2.41. The summed E-state index contributed by atoms with van der Waals surface area (Å²) in [6, 6.07) is 2.03. The molecule has 24 heavy (non-hydrogen) atoms. The molecular weight excluding hydrogens is 324 g/mol. The third kappa shape index (κ3) is 2.98. The molecule has 1 aromatic rings. The van der Waals surface area contributed by atoms with Crippen LogP contribution in [0, 0.1) is 6.92 Å². The van der Waals surface area contributed by atoms with Gasteiger partial charge in [0.15, 0.2) is 5.78 Å². The summed E-state index contributed by atoms with van der Waals surface area (Å²) in [6.45, 7) is 10.1. The predicted octanol–water partition coefficient (Wildman–Crippen LogP) is 3.70. The molecule has 1 aromatic carbocycles. The summed E-state index contributed by atoms with van der Waals surface area (Å²) in [5, 5.41) is 2.97. The van der Waals surface area contributed by atoms with Gasteiger partial charge in [0.05, 0.1) is 6.04 Å². The number of anilines is 1. The molecule has 0 radical (unpaired) electrons. The van der Waals surface area contributed by atoms with Crippen LogP contribution in [0.4, 0.5) is 5.69 Å². The first-order chi connectivity index (χ1) is 11.0. The molecule has 0 spiro atoms. The Morgan fingerprint density at radius 2 is 1.92 bits per heavy atom. The summed E-state index contributed by atoms with van der Waals surface area (Å²) >= 11 is 0. The van der Waals surface area contributed by atoms with Gasteiger partial charge >= 0.3 is 0 Å². The molecule has 1 aliphatic carbocycles. The Balaban J connectivity index is 0.00000208. The maximum Gasteiger partial charge on any atom is 0.224 e. The Hall–Kier alpha value is -1.39. The van der Waals surface area contributed by atoms with Gasteiger partial charge in [0.1, 0.15) is 0 Å². The van der Waals surface area contributed by atoms with Gasteiger partial charge in [-0.1, -0.05) is 20.8 Å². The summed E-state index contributed by atoms with van der Waals surface area (Å²) < 4.78 is 0. The van der Waals surface area contributed by atoms with Crippen molar-refractivity contribution in [3.8, 4) is 0 Å².